The van der Waals surface area contributed by atoms with Crippen LogP contribution < -0.4 is 5.32 Å². The van der Waals surface area contributed by atoms with Crippen LogP contribution in [0.15, 0.2) is 0 Å². The van der Waals surface area contributed by atoms with Crippen molar-refractivity contribution in [3.63, 3.8) is 0 Å². The van der Waals surface area contributed by atoms with Gasteiger partial charge in [-0.1, -0.05) is 0 Å². The molecule has 1 aliphatic heterocycles. The van der Waals surface area contributed by atoms with Crippen LogP contribution in [0.25, 0.3) is 0 Å². The summed E-state index contributed by atoms with van der Waals surface area (Å²) in [5.41, 5.74) is 0. The number of nitrogens with zero attached hydrogens (tertiary/aromatic N) is 1. The molecule has 4 nitrogen and oxygen atoms in total. The number of urea groups is 1. The van der Waals surface area contributed by atoms with Crippen molar-refractivity contribution in [2.45, 2.75) is 0 Å². The second-order valence-corrected chi connectivity index (χ2v) is 2.05. The van der Waals surface area contributed by atoms with Crippen LogP contribution in [0.2, 0.25) is 0 Å². The van der Waals surface area contributed by atoms with E-state index < -0.39 is 0 Å². The number of hydrogen-bond acceptors (Lipinski definition) is 2. The van der Waals surface area contributed by atoms with Crippen LogP contribution in [-0.2, 0) is 4.74 Å². The highest BCUT2D eigenvalue weighted by atomic mass is 16.5. The third-order valence-electron chi connectivity index (χ3n) is 1.42. The summed E-state index contributed by atoms with van der Waals surface area (Å²) in [6, 6.07) is -0.233. The molecule has 0 aliphatic carbocycles. The Hall–Kier alpha value is -0.770. The molecule has 0 spiro atoms. The van der Waals surface area contributed by atoms with Crippen molar-refractivity contribution in [3.8, 4) is 0 Å². The van der Waals surface area contributed by atoms with Gasteiger partial charge in [0.15, 0.2) is 0 Å². The molecule has 56 valence electrons. The lowest BCUT2D eigenvalue weighted by molar-refractivity contribution is 0.0539. The Morgan fingerprint density at radius 3 is 2.60 bits per heavy atom. The molecule has 0 atom stereocenters. The zero-order valence-corrected chi connectivity index (χ0v) is 5.67. The molecule has 1 saturated heterocycles. The first-order chi connectivity index (χ1) is 4.84. The van der Waals surface area contributed by atoms with Crippen molar-refractivity contribution in [2.75, 3.05) is 26.3 Å². The minimum atomic E-state index is -0.233. The van der Waals surface area contributed by atoms with Gasteiger partial charge < -0.3 is 15.0 Å². The van der Waals surface area contributed by atoms with E-state index in [0.29, 0.717) is 26.3 Å². The van der Waals surface area contributed by atoms with E-state index in [1.807, 2.05) is 0 Å². The molecule has 0 saturated carbocycles. The molecule has 1 aliphatic rings. The predicted molar refractivity (Wildman–Crippen MR) is 35.2 cm³/mol. The summed E-state index contributed by atoms with van der Waals surface area (Å²) in [6.45, 7) is 2.47. The number of rotatable bonds is 0. The minimum Gasteiger partial charge on any atom is -0.378 e. The van der Waals surface area contributed by atoms with E-state index in [2.05, 4.69) is 5.32 Å². The van der Waals surface area contributed by atoms with Gasteiger partial charge in [0.2, 0.25) is 0 Å². The van der Waals surface area contributed by atoms with Crippen LogP contribution in [0.5, 0.6) is 0 Å². The molecule has 0 aromatic rings. The molecule has 4 heteroatoms. The summed E-state index contributed by atoms with van der Waals surface area (Å²) in [7, 11) is 4.92. The third-order valence-corrected chi connectivity index (χ3v) is 1.42. The largest absolute Gasteiger partial charge is 0.378 e. The molecule has 0 bridgehead atoms. The van der Waals surface area contributed by atoms with Gasteiger partial charge in [-0.15, -0.1) is 0 Å². The Kier molecular flexibility index (Phi) is 2.50. The number of morpholine rings is 1. The van der Waals surface area contributed by atoms with Crippen LogP contribution in [0.4, 0.5) is 4.79 Å². The molecule has 2 amide bonds. The zero-order chi connectivity index (χ0) is 7.40. The summed E-state index contributed by atoms with van der Waals surface area (Å²) in [5.74, 6) is 0. The maximum absolute atomic E-state index is 10.8. The van der Waals surface area contributed by atoms with Crippen molar-refractivity contribution >= 4 is 6.03 Å². The Bertz CT molecular complexity index is 121. The van der Waals surface area contributed by atoms with Gasteiger partial charge in [-0.05, 0) is 0 Å². The number of hydrogen-bond donors (Lipinski definition) is 1. The van der Waals surface area contributed by atoms with E-state index in [4.69, 9.17) is 11.8 Å². The molecule has 1 N–H and O–H groups in total. The lowest BCUT2D eigenvalue weighted by Crippen LogP contribution is -2.44. The van der Waals surface area contributed by atoms with Crippen LogP contribution in [0.3, 0.4) is 0 Å². The maximum atomic E-state index is 10.8. The van der Waals surface area contributed by atoms with Crippen LogP contribution in [-0.4, -0.2) is 37.2 Å². The van der Waals surface area contributed by atoms with Crippen molar-refractivity contribution in [2.24, 2.45) is 0 Å². The Morgan fingerprint density at radius 1 is 1.50 bits per heavy atom. The minimum absolute atomic E-state index is 0.233. The number of ether oxygens (including phenoxy) is 1. The summed E-state index contributed by atoms with van der Waals surface area (Å²) < 4.78 is 5.03. The second kappa shape index (κ2) is 3.41. The molecule has 0 aromatic carbocycles. The van der Waals surface area contributed by atoms with E-state index >= 15 is 0 Å². The Balaban J connectivity index is 2.31. The molecule has 0 unspecified atom stereocenters. The Labute approximate surface area is 60.1 Å². The van der Waals surface area contributed by atoms with Gasteiger partial charge in [-0.25, -0.2) is 4.79 Å². The lowest BCUT2D eigenvalue weighted by Gasteiger charge is -2.25. The third kappa shape index (κ3) is 1.60. The summed E-state index contributed by atoms with van der Waals surface area (Å²) >= 11 is 0. The van der Waals surface area contributed by atoms with Crippen molar-refractivity contribution in [1.29, 1.82) is 0 Å². The SMILES string of the molecule is [CH]NC(=O)N1CCOCC1. The molecule has 10 heavy (non-hydrogen) atoms. The number of carbonyl (C=O) groups excluding carboxylic acids is 1. The fourth-order valence-corrected chi connectivity index (χ4v) is 0.858. The number of nitrogens with one attached hydrogen (secondary N) is 1. The van der Waals surface area contributed by atoms with E-state index in [1.54, 1.807) is 4.90 Å². The highest BCUT2D eigenvalue weighted by Crippen LogP contribution is 1.95. The smallest absolute Gasteiger partial charge is 0.317 e. The van der Waals surface area contributed by atoms with Crippen molar-refractivity contribution < 1.29 is 9.53 Å². The van der Waals surface area contributed by atoms with E-state index in [0.717, 1.165) is 0 Å². The number of amides is 2. The molecule has 1 heterocycles. The summed E-state index contributed by atoms with van der Waals surface area (Å²) in [4.78, 5) is 12.4. The van der Waals surface area contributed by atoms with Gasteiger partial charge in [0, 0.05) is 13.1 Å². The van der Waals surface area contributed by atoms with E-state index in [1.165, 1.54) is 0 Å². The van der Waals surface area contributed by atoms with Gasteiger partial charge in [-0.3, -0.25) is 0 Å². The highest BCUT2D eigenvalue weighted by molar-refractivity contribution is 5.74. The zero-order valence-electron chi connectivity index (χ0n) is 5.67. The molecule has 2 radical (unpaired) electrons. The van der Waals surface area contributed by atoms with Gasteiger partial charge in [0.1, 0.15) is 0 Å². The first-order valence-corrected chi connectivity index (χ1v) is 3.18. The van der Waals surface area contributed by atoms with Crippen molar-refractivity contribution in [3.05, 3.63) is 7.05 Å². The quantitative estimate of drug-likeness (QED) is 0.472. The van der Waals surface area contributed by atoms with Crippen molar-refractivity contribution in [1.82, 2.24) is 10.2 Å². The second-order valence-electron chi connectivity index (χ2n) is 2.05. The molecular weight excluding hydrogens is 132 g/mol. The van der Waals surface area contributed by atoms with Crippen LogP contribution >= 0.6 is 0 Å². The molecule has 1 rings (SSSR count). The van der Waals surface area contributed by atoms with Crippen LogP contribution in [0.1, 0.15) is 0 Å². The van der Waals surface area contributed by atoms with E-state index in [9.17, 15) is 4.79 Å². The average Bonchev–Trinajstić information content (AvgIpc) is 2.05. The standard InChI is InChI=1S/C6H10N2O2/c1-7-6(9)8-2-4-10-5-3-8/h1H,2-5H2,(H,7,9). The normalized spacial score (nSPS) is 18.7. The topological polar surface area (TPSA) is 41.6 Å². The highest BCUT2D eigenvalue weighted by Gasteiger charge is 2.14. The fraction of sp³-hybridized carbons (Fsp3) is 0.667. The summed E-state index contributed by atoms with van der Waals surface area (Å²) in [5, 5.41) is 2.07. The molecule has 0 aromatic heterocycles. The fourth-order valence-electron chi connectivity index (χ4n) is 0.858. The molecule has 1 fully saturated rings. The van der Waals surface area contributed by atoms with Gasteiger partial charge >= 0.3 is 6.03 Å². The first-order valence-electron chi connectivity index (χ1n) is 3.18. The molecular formula is C6H10N2O2. The van der Waals surface area contributed by atoms with Gasteiger partial charge in [0.25, 0.3) is 0 Å². The lowest BCUT2D eigenvalue weighted by atomic mass is 10.4. The first kappa shape index (κ1) is 7.34. The summed E-state index contributed by atoms with van der Waals surface area (Å²) in [6.07, 6.45) is 0. The van der Waals surface area contributed by atoms with Crippen LogP contribution in [0, 0.1) is 7.05 Å². The maximum Gasteiger partial charge on any atom is 0.317 e. The average molecular weight is 142 g/mol. The monoisotopic (exact) mass is 142 g/mol. The van der Waals surface area contributed by atoms with E-state index in [-0.39, 0.29) is 6.03 Å². The van der Waals surface area contributed by atoms with Gasteiger partial charge in [0.05, 0.1) is 20.3 Å². The predicted octanol–water partition coefficient (Wildman–Crippen LogP) is -0.303. The number of carbonyl (C=O) groups is 1. The Morgan fingerprint density at radius 2 is 2.10 bits per heavy atom. The van der Waals surface area contributed by atoms with Gasteiger partial charge in [-0.2, -0.15) is 0 Å².